The molecule has 0 N–H and O–H groups in total. The van der Waals surface area contributed by atoms with Crippen molar-refractivity contribution in [3.8, 4) is 11.3 Å². The molecule has 0 amide bonds. The van der Waals surface area contributed by atoms with E-state index in [0.717, 1.165) is 48.4 Å². The highest BCUT2D eigenvalue weighted by Crippen LogP contribution is 2.29. The lowest BCUT2D eigenvalue weighted by molar-refractivity contribution is 0.765. The number of halogens is 1. The van der Waals surface area contributed by atoms with Crippen LogP contribution in [0.5, 0.6) is 0 Å². The van der Waals surface area contributed by atoms with E-state index in [1.165, 1.54) is 5.69 Å². The fourth-order valence-electron chi connectivity index (χ4n) is 2.59. The number of rotatable bonds is 7. The van der Waals surface area contributed by atoms with Gasteiger partial charge in [-0.1, -0.05) is 36.7 Å². The van der Waals surface area contributed by atoms with Crippen LogP contribution in [0.3, 0.4) is 0 Å². The van der Waals surface area contributed by atoms with Crippen LogP contribution in [0.25, 0.3) is 11.3 Å². The third kappa shape index (κ3) is 4.35. The van der Waals surface area contributed by atoms with Crippen molar-refractivity contribution in [2.75, 3.05) is 18.0 Å². The average molecular weight is 329 g/mol. The Kier molecular flexibility index (Phi) is 6.23. The van der Waals surface area contributed by atoms with Gasteiger partial charge in [-0.25, -0.2) is 0 Å². The summed E-state index contributed by atoms with van der Waals surface area (Å²) in [6, 6.07) is 10.5. The van der Waals surface area contributed by atoms with Crippen molar-refractivity contribution < 1.29 is 0 Å². The summed E-state index contributed by atoms with van der Waals surface area (Å²) < 4.78 is 0. The van der Waals surface area contributed by atoms with Gasteiger partial charge in [-0.3, -0.25) is 4.98 Å². The molecule has 1 heterocycles. The first-order valence-electron chi connectivity index (χ1n) is 8.16. The monoisotopic (exact) mass is 328 g/mol. The van der Waals surface area contributed by atoms with Crippen molar-refractivity contribution in [1.82, 2.24) is 4.98 Å². The Balaban J connectivity index is 2.27. The second-order valence-electron chi connectivity index (χ2n) is 5.83. The smallest absolute Gasteiger partial charge is 0.0891 e. The van der Waals surface area contributed by atoms with E-state index >= 15 is 0 Å². The van der Waals surface area contributed by atoms with Crippen LogP contribution in [-0.4, -0.2) is 18.1 Å². The molecule has 2 nitrogen and oxygen atoms in total. The predicted octanol–water partition coefficient (Wildman–Crippen LogP) is 5.81. The topological polar surface area (TPSA) is 16.1 Å². The summed E-state index contributed by atoms with van der Waals surface area (Å²) in [6.45, 7) is 12.1. The number of nitrogens with zero attached hydrogens (tertiary/aromatic N) is 2. The van der Waals surface area contributed by atoms with Crippen LogP contribution in [0.1, 0.15) is 31.0 Å². The molecule has 0 spiro atoms. The van der Waals surface area contributed by atoms with E-state index < -0.39 is 0 Å². The fraction of sp³-hybridized carbons (Fsp3) is 0.350. The average Bonchev–Trinajstić information content (AvgIpc) is 2.55. The molecule has 3 heteroatoms. The zero-order chi connectivity index (χ0) is 16.8. The Bertz CT molecular complexity index is 662. The first-order chi connectivity index (χ1) is 11.1. The molecule has 2 rings (SSSR count). The third-order valence-corrected chi connectivity index (χ3v) is 4.31. The number of aryl methyl sites for hydroxylation is 2. The Morgan fingerprint density at radius 2 is 1.87 bits per heavy atom. The number of hydrogen-bond acceptors (Lipinski definition) is 2. The summed E-state index contributed by atoms with van der Waals surface area (Å²) in [4.78, 5) is 7.03. The molecule has 0 unspecified atom stereocenters. The van der Waals surface area contributed by atoms with Crippen molar-refractivity contribution in [2.45, 2.75) is 33.6 Å². The molecule has 0 aliphatic heterocycles. The van der Waals surface area contributed by atoms with Gasteiger partial charge in [0.2, 0.25) is 0 Å². The Labute approximate surface area is 144 Å². The molecule has 1 aromatic carbocycles. The highest BCUT2D eigenvalue weighted by atomic mass is 35.5. The van der Waals surface area contributed by atoms with E-state index in [2.05, 4.69) is 47.7 Å². The van der Waals surface area contributed by atoms with Crippen molar-refractivity contribution >= 4 is 17.3 Å². The minimum Gasteiger partial charge on any atom is -0.371 e. The van der Waals surface area contributed by atoms with Crippen molar-refractivity contribution in [3.63, 3.8) is 0 Å². The fourth-order valence-corrected chi connectivity index (χ4v) is 2.91. The number of benzene rings is 1. The first kappa shape index (κ1) is 17.6. The second-order valence-corrected chi connectivity index (χ2v) is 6.24. The molecule has 0 saturated heterocycles. The quantitative estimate of drug-likeness (QED) is 0.596. The molecule has 122 valence electrons. The summed E-state index contributed by atoms with van der Waals surface area (Å²) in [5.74, 6) is 0. The zero-order valence-corrected chi connectivity index (χ0v) is 15.0. The first-order valence-corrected chi connectivity index (χ1v) is 8.54. The van der Waals surface area contributed by atoms with Crippen LogP contribution in [-0.2, 0) is 0 Å². The van der Waals surface area contributed by atoms with Gasteiger partial charge in [0.15, 0.2) is 0 Å². The molecule has 2 aromatic rings. The van der Waals surface area contributed by atoms with Gasteiger partial charge in [-0.15, -0.1) is 6.58 Å². The van der Waals surface area contributed by atoms with E-state index in [1.54, 1.807) is 0 Å². The van der Waals surface area contributed by atoms with Crippen LogP contribution in [0.4, 0.5) is 5.69 Å². The van der Waals surface area contributed by atoms with Gasteiger partial charge in [-0.05, 0) is 50.5 Å². The molecular formula is C20H25ClN2. The minimum atomic E-state index is 0.706. The maximum Gasteiger partial charge on any atom is 0.0891 e. The number of aromatic nitrogens is 1. The lowest BCUT2D eigenvalue weighted by Crippen LogP contribution is -2.24. The van der Waals surface area contributed by atoms with E-state index in [4.69, 9.17) is 11.6 Å². The summed E-state index contributed by atoms with van der Waals surface area (Å²) >= 11 is 6.37. The summed E-state index contributed by atoms with van der Waals surface area (Å²) in [6.07, 6.45) is 4.09. The molecule has 0 atom stereocenters. The van der Waals surface area contributed by atoms with Gasteiger partial charge < -0.3 is 4.90 Å². The summed E-state index contributed by atoms with van der Waals surface area (Å²) in [7, 11) is 0. The van der Waals surface area contributed by atoms with E-state index in [9.17, 15) is 0 Å². The zero-order valence-electron chi connectivity index (χ0n) is 14.3. The third-order valence-electron chi connectivity index (χ3n) is 4.02. The van der Waals surface area contributed by atoms with Gasteiger partial charge >= 0.3 is 0 Å². The molecule has 0 radical (unpaired) electrons. The van der Waals surface area contributed by atoms with E-state index in [0.29, 0.717) is 5.02 Å². The predicted molar refractivity (Wildman–Crippen MR) is 101 cm³/mol. The van der Waals surface area contributed by atoms with Gasteiger partial charge in [0.05, 0.1) is 10.7 Å². The molecular weight excluding hydrogens is 304 g/mol. The van der Waals surface area contributed by atoms with E-state index in [-0.39, 0.29) is 0 Å². The largest absolute Gasteiger partial charge is 0.371 e. The van der Waals surface area contributed by atoms with Gasteiger partial charge in [0.25, 0.3) is 0 Å². The van der Waals surface area contributed by atoms with Crippen molar-refractivity contribution in [3.05, 3.63) is 59.3 Å². The SMILES string of the molecule is C=CCCN(CCC)c1ccc(-c2nc(C)c(C)cc2Cl)cc1. The standard InChI is InChI=1S/C20H25ClN2/c1-5-7-13-23(12-6-2)18-10-8-17(9-11-18)20-19(21)14-15(3)16(4)22-20/h5,8-11,14H,1,6-7,12-13H2,2-4H3. The van der Waals surface area contributed by atoms with E-state index in [1.807, 2.05) is 26.0 Å². The molecule has 0 aliphatic carbocycles. The van der Waals surface area contributed by atoms with Crippen LogP contribution in [0.2, 0.25) is 5.02 Å². The van der Waals surface area contributed by atoms with Crippen molar-refractivity contribution in [1.29, 1.82) is 0 Å². The molecule has 23 heavy (non-hydrogen) atoms. The lowest BCUT2D eigenvalue weighted by atomic mass is 10.1. The molecule has 0 saturated carbocycles. The molecule has 0 aliphatic rings. The number of hydrogen-bond donors (Lipinski definition) is 0. The van der Waals surface area contributed by atoms with Crippen molar-refractivity contribution in [2.24, 2.45) is 0 Å². The Morgan fingerprint density at radius 3 is 2.48 bits per heavy atom. The van der Waals surface area contributed by atoms with Crippen LogP contribution >= 0.6 is 11.6 Å². The van der Waals surface area contributed by atoms with Gasteiger partial charge in [0, 0.05) is 30.0 Å². The van der Waals surface area contributed by atoms with Gasteiger partial charge in [0.1, 0.15) is 0 Å². The number of anilines is 1. The maximum atomic E-state index is 6.37. The summed E-state index contributed by atoms with van der Waals surface area (Å²) in [5.41, 5.74) is 5.29. The molecule has 0 fully saturated rings. The molecule has 0 bridgehead atoms. The lowest BCUT2D eigenvalue weighted by Gasteiger charge is -2.24. The maximum absolute atomic E-state index is 6.37. The number of pyridine rings is 1. The Morgan fingerprint density at radius 1 is 1.17 bits per heavy atom. The van der Waals surface area contributed by atoms with Crippen LogP contribution in [0, 0.1) is 13.8 Å². The summed E-state index contributed by atoms with van der Waals surface area (Å²) in [5, 5.41) is 0.706. The van der Waals surface area contributed by atoms with Crippen LogP contribution in [0.15, 0.2) is 43.0 Å². The normalized spacial score (nSPS) is 10.6. The molecule has 1 aromatic heterocycles. The van der Waals surface area contributed by atoms with Crippen LogP contribution < -0.4 is 4.90 Å². The Hall–Kier alpha value is -1.80. The minimum absolute atomic E-state index is 0.706. The highest BCUT2D eigenvalue weighted by Gasteiger charge is 2.10. The second kappa shape index (κ2) is 8.16. The van der Waals surface area contributed by atoms with Gasteiger partial charge in [-0.2, -0.15) is 0 Å². The highest BCUT2D eigenvalue weighted by molar-refractivity contribution is 6.33.